The molecule has 0 radical (unpaired) electrons. The molecule has 1 aliphatic rings. The van der Waals surface area contributed by atoms with Crippen molar-refractivity contribution in [2.75, 3.05) is 0 Å². The predicted molar refractivity (Wildman–Crippen MR) is 117 cm³/mol. The van der Waals surface area contributed by atoms with E-state index in [1.165, 1.54) is 75.4 Å². The molecule has 0 N–H and O–H groups in total. The van der Waals surface area contributed by atoms with Gasteiger partial charge in [0.05, 0.1) is 0 Å². The van der Waals surface area contributed by atoms with Crippen LogP contribution in [0.5, 0.6) is 0 Å². The molecule has 122 valence electrons. The first-order valence-electron chi connectivity index (χ1n) is 9.68. The van der Waals surface area contributed by atoms with Crippen molar-refractivity contribution in [2.45, 2.75) is 6.42 Å². The van der Waals surface area contributed by atoms with E-state index < -0.39 is 0 Å². The van der Waals surface area contributed by atoms with Crippen molar-refractivity contribution in [1.29, 1.82) is 0 Å². The summed E-state index contributed by atoms with van der Waals surface area (Å²) in [6.07, 6.45) is 3.45. The number of hydrogen-bond donors (Lipinski definition) is 0. The highest BCUT2D eigenvalue weighted by Gasteiger charge is 2.22. The molecule has 0 fully saturated rings. The van der Waals surface area contributed by atoms with Crippen LogP contribution in [0, 0.1) is 0 Å². The Bertz CT molecular complexity index is 1770. The van der Waals surface area contributed by atoms with E-state index in [9.17, 15) is 0 Å². The zero-order valence-electron chi connectivity index (χ0n) is 14.6. The Kier molecular flexibility index (Phi) is 1.89. The van der Waals surface area contributed by atoms with Gasteiger partial charge < -0.3 is 0 Å². The summed E-state index contributed by atoms with van der Waals surface area (Å²) in [4.78, 5) is 0. The average molecular weight is 338 g/mol. The average Bonchev–Trinajstić information content (AvgIpc) is 2.72. The highest BCUT2D eigenvalue weighted by Crippen LogP contribution is 2.48. The molecule has 7 aromatic rings. The second kappa shape index (κ2) is 3.97. The third kappa shape index (κ3) is 1.28. The van der Waals surface area contributed by atoms with Crippen molar-refractivity contribution < 1.29 is 0 Å². The lowest BCUT2D eigenvalue weighted by Crippen LogP contribution is -2.10. The lowest BCUT2D eigenvalue weighted by atomic mass is 9.80. The maximum Gasteiger partial charge on any atom is -0.000182 e. The number of benzene rings is 7. The van der Waals surface area contributed by atoms with E-state index in [0.29, 0.717) is 0 Å². The molecule has 0 aromatic heterocycles. The zero-order chi connectivity index (χ0) is 17.3. The van der Waals surface area contributed by atoms with E-state index in [4.69, 9.17) is 0 Å². The van der Waals surface area contributed by atoms with Crippen molar-refractivity contribution in [3.05, 3.63) is 77.5 Å². The van der Waals surface area contributed by atoms with Crippen molar-refractivity contribution in [1.82, 2.24) is 0 Å². The third-order valence-corrected chi connectivity index (χ3v) is 6.87. The predicted octanol–water partition coefficient (Wildman–Crippen LogP) is 6.54. The molecule has 8 rings (SSSR count). The molecule has 0 heterocycles. The van der Waals surface area contributed by atoms with Crippen LogP contribution in [-0.2, 0) is 6.42 Å². The first-order chi connectivity index (χ1) is 13.4. The Morgan fingerprint density at radius 3 is 1.93 bits per heavy atom. The van der Waals surface area contributed by atoms with E-state index in [1.54, 1.807) is 0 Å². The van der Waals surface area contributed by atoms with Gasteiger partial charge in [-0.05, 0) is 94.0 Å². The second-order valence-electron chi connectivity index (χ2n) is 8.10. The molecule has 0 atom stereocenters. The van der Waals surface area contributed by atoms with Gasteiger partial charge in [0, 0.05) is 0 Å². The van der Waals surface area contributed by atoms with Crippen LogP contribution in [0.25, 0.3) is 70.7 Å². The molecular formula is C27H14. The lowest BCUT2D eigenvalue weighted by molar-refractivity contribution is 1.36. The van der Waals surface area contributed by atoms with Gasteiger partial charge in [-0.2, -0.15) is 0 Å². The van der Waals surface area contributed by atoms with Crippen LogP contribution in [0.2, 0.25) is 0 Å². The highest BCUT2D eigenvalue weighted by atomic mass is 14.2. The van der Waals surface area contributed by atoms with Crippen molar-refractivity contribution in [2.24, 2.45) is 0 Å². The van der Waals surface area contributed by atoms with Gasteiger partial charge in [-0.1, -0.05) is 60.7 Å². The summed E-state index contributed by atoms with van der Waals surface area (Å²) in [6, 6.07) is 25.4. The molecule has 0 bridgehead atoms. The van der Waals surface area contributed by atoms with Crippen LogP contribution in [0.15, 0.2) is 66.7 Å². The molecule has 0 unspecified atom stereocenters. The van der Waals surface area contributed by atoms with Crippen molar-refractivity contribution in [3.63, 3.8) is 0 Å². The fourth-order valence-electron chi connectivity index (χ4n) is 5.83. The summed E-state index contributed by atoms with van der Waals surface area (Å²) in [5.41, 5.74) is 1.47. The molecule has 27 heavy (non-hydrogen) atoms. The Morgan fingerprint density at radius 2 is 1.07 bits per heavy atom. The van der Waals surface area contributed by atoms with Gasteiger partial charge in [-0.3, -0.25) is 0 Å². The van der Waals surface area contributed by atoms with Gasteiger partial charge in [0.25, 0.3) is 0 Å². The summed E-state index contributed by atoms with van der Waals surface area (Å²) in [7, 11) is 0. The fraction of sp³-hybridized carbons (Fsp3) is 0.0370. The van der Waals surface area contributed by atoms with Crippen LogP contribution in [-0.4, -0.2) is 0 Å². The minimum Gasteiger partial charge on any atom is -0.0722 e. The van der Waals surface area contributed by atoms with Crippen molar-refractivity contribution in [3.8, 4) is 0 Å². The van der Waals surface area contributed by atoms with Gasteiger partial charge in [0.2, 0.25) is 0 Å². The molecule has 0 spiro atoms. The summed E-state index contributed by atoms with van der Waals surface area (Å²) >= 11 is 0. The van der Waals surface area contributed by atoms with Gasteiger partial charge in [0.15, 0.2) is 0 Å². The van der Waals surface area contributed by atoms with Crippen LogP contribution in [0.3, 0.4) is 0 Å². The molecule has 0 saturated carbocycles. The fourth-order valence-corrected chi connectivity index (χ4v) is 5.83. The Morgan fingerprint density at radius 1 is 0.444 bits per heavy atom. The lowest BCUT2D eigenvalue weighted by Gasteiger charge is -2.23. The molecule has 1 aliphatic carbocycles. The maximum absolute atomic E-state index is 2.41. The van der Waals surface area contributed by atoms with Crippen molar-refractivity contribution >= 4 is 70.7 Å². The molecule has 0 saturated heterocycles. The number of rotatable bonds is 0. The molecule has 7 aromatic carbocycles. The Hall–Kier alpha value is -3.38. The Labute approximate surface area is 155 Å². The van der Waals surface area contributed by atoms with Crippen LogP contribution < -0.4 is 5.22 Å². The monoisotopic (exact) mass is 338 g/mol. The minimum atomic E-state index is 1.03. The third-order valence-electron chi connectivity index (χ3n) is 6.87. The van der Waals surface area contributed by atoms with Crippen LogP contribution in [0.4, 0.5) is 0 Å². The molecule has 0 amide bonds. The second-order valence-corrected chi connectivity index (χ2v) is 8.10. The quantitative estimate of drug-likeness (QED) is 0.218. The smallest absolute Gasteiger partial charge is 0.000182 e. The van der Waals surface area contributed by atoms with Gasteiger partial charge in [-0.25, -0.2) is 0 Å². The SMILES string of the molecule is C1=c2ccc3cc4cccc5cc6ccc7ccc(c8c2c3c(c45)c6c78)C1. The molecule has 0 heteroatoms. The number of hydrogen-bond acceptors (Lipinski definition) is 0. The standard InChI is InChI=1S/C27H14/c1-2-17-12-19-10-8-15-6-4-14-5-7-16-9-11-20-13-18(3-1)21(17)27-25(19)23(15)22(14)24(16)26(20)27/h1-4,6-13H,5H2. The van der Waals surface area contributed by atoms with E-state index in [0.717, 1.165) is 6.42 Å². The normalized spacial score (nSPS) is 14.1. The summed E-state index contributed by atoms with van der Waals surface area (Å²) in [5, 5.41) is 18.5. The van der Waals surface area contributed by atoms with E-state index in [2.05, 4.69) is 72.8 Å². The maximum atomic E-state index is 2.41. The van der Waals surface area contributed by atoms with E-state index >= 15 is 0 Å². The largest absolute Gasteiger partial charge is 0.0722 e. The molecule has 0 nitrogen and oxygen atoms in total. The van der Waals surface area contributed by atoms with Gasteiger partial charge >= 0.3 is 0 Å². The Balaban J connectivity index is 1.98. The highest BCUT2D eigenvalue weighted by molar-refractivity contribution is 6.44. The minimum absolute atomic E-state index is 1.03. The summed E-state index contributed by atoms with van der Waals surface area (Å²) < 4.78 is 0. The summed E-state index contributed by atoms with van der Waals surface area (Å²) in [6.45, 7) is 0. The van der Waals surface area contributed by atoms with Crippen LogP contribution in [0.1, 0.15) is 5.56 Å². The molecular weight excluding hydrogens is 324 g/mol. The van der Waals surface area contributed by atoms with E-state index in [1.807, 2.05) is 0 Å². The van der Waals surface area contributed by atoms with E-state index in [-0.39, 0.29) is 0 Å². The molecule has 0 aliphatic heterocycles. The van der Waals surface area contributed by atoms with Gasteiger partial charge in [0.1, 0.15) is 0 Å². The first kappa shape index (κ1) is 12.9. The first-order valence-corrected chi connectivity index (χ1v) is 9.68. The summed E-state index contributed by atoms with van der Waals surface area (Å²) in [5.74, 6) is 0. The zero-order valence-corrected chi connectivity index (χ0v) is 14.6. The van der Waals surface area contributed by atoms with Crippen LogP contribution >= 0.6 is 0 Å². The topological polar surface area (TPSA) is 0 Å². The van der Waals surface area contributed by atoms with Gasteiger partial charge in [-0.15, -0.1) is 0 Å².